The molecule has 2 aromatic heterocycles. The zero-order valence-electron chi connectivity index (χ0n) is 16.5. The summed E-state index contributed by atoms with van der Waals surface area (Å²) in [5.41, 5.74) is -0.392. The minimum absolute atomic E-state index is 0.149. The van der Waals surface area contributed by atoms with Crippen LogP contribution in [0, 0.1) is 5.82 Å². The summed E-state index contributed by atoms with van der Waals surface area (Å²) in [7, 11) is 2.91. The molecule has 0 atom stereocenters. The van der Waals surface area contributed by atoms with Crippen molar-refractivity contribution in [3.63, 3.8) is 0 Å². The Morgan fingerprint density at radius 3 is 2.58 bits per heavy atom. The molecule has 3 N–H and O–H groups in total. The van der Waals surface area contributed by atoms with Crippen molar-refractivity contribution < 1.29 is 23.8 Å². The molecular weight excluding hydrogens is 407 g/mol. The fraction of sp³-hybridized carbons (Fsp3) is 0.0952. The molecule has 0 saturated carbocycles. The number of hydrogen-bond donors (Lipinski definition) is 3. The number of benzene rings is 2. The summed E-state index contributed by atoms with van der Waals surface area (Å²) in [6, 6.07) is 10.1. The molecule has 0 unspecified atom stereocenters. The van der Waals surface area contributed by atoms with Gasteiger partial charge in [0.25, 0.3) is 11.5 Å². The number of anilines is 1. The van der Waals surface area contributed by atoms with Gasteiger partial charge in [-0.3, -0.25) is 9.59 Å². The van der Waals surface area contributed by atoms with E-state index < -0.39 is 28.6 Å². The fourth-order valence-electron chi connectivity index (χ4n) is 3.13. The number of carbonyl (C=O) groups is 1. The number of aromatic hydroxyl groups is 1. The molecule has 31 heavy (non-hydrogen) atoms. The van der Waals surface area contributed by atoms with E-state index in [1.165, 1.54) is 49.4 Å². The van der Waals surface area contributed by atoms with Crippen molar-refractivity contribution in [3.05, 3.63) is 70.4 Å². The molecule has 0 aliphatic heterocycles. The minimum Gasteiger partial charge on any atom is -0.506 e. The molecule has 4 aromatic rings. The van der Waals surface area contributed by atoms with E-state index in [0.29, 0.717) is 17.2 Å². The van der Waals surface area contributed by atoms with Crippen LogP contribution in [0.25, 0.3) is 16.7 Å². The average Bonchev–Trinajstić information content (AvgIpc) is 3.18. The number of ether oxygens (including phenoxy) is 2. The SMILES string of the molecule is COc1ccc(NC(=O)c2c(O)c3cnn(-c4ccc(F)cc4)c3[nH]c2=O)c(OC)c1. The molecule has 0 saturated heterocycles. The number of carbonyl (C=O) groups excluding carboxylic acids is 1. The smallest absolute Gasteiger partial charge is 0.266 e. The van der Waals surface area contributed by atoms with Crippen LogP contribution in [0.1, 0.15) is 10.4 Å². The summed E-state index contributed by atoms with van der Waals surface area (Å²) in [6.45, 7) is 0. The van der Waals surface area contributed by atoms with Crippen LogP contribution in [0.15, 0.2) is 53.5 Å². The Morgan fingerprint density at radius 1 is 1.16 bits per heavy atom. The lowest BCUT2D eigenvalue weighted by Crippen LogP contribution is -2.24. The number of halogens is 1. The van der Waals surface area contributed by atoms with Gasteiger partial charge in [-0.15, -0.1) is 0 Å². The number of H-pyrrole nitrogens is 1. The van der Waals surface area contributed by atoms with Crippen molar-refractivity contribution >= 4 is 22.6 Å². The highest BCUT2D eigenvalue weighted by Gasteiger charge is 2.23. The quantitative estimate of drug-likeness (QED) is 0.453. The van der Waals surface area contributed by atoms with E-state index in [9.17, 15) is 19.1 Å². The standard InChI is InChI=1S/C21H17FN4O5/c1-30-13-7-8-15(16(9-13)31-2)24-20(28)17-18(27)14-10-23-26(19(14)25-21(17)29)12-5-3-11(22)4-6-12/h3-10H,1-2H3,(H,24,28)(H2,25,27,29). The number of rotatable bonds is 5. The molecule has 9 nitrogen and oxygen atoms in total. The Hall–Kier alpha value is -4.34. The number of nitrogens with one attached hydrogen (secondary N) is 2. The maximum Gasteiger partial charge on any atom is 0.266 e. The summed E-state index contributed by atoms with van der Waals surface area (Å²) >= 11 is 0. The molecule has 0 radical (unpaired) electrons. The van der Waals surface area contributed by atoms with Gasteiger partial charge in [-0.2, -0.15) is 5.10 Å². The van der Waals surface area contributed by atoms with E-state index in [1.807, 2.05) is 0 Å². The summed E-state index contributed by atoms with van der Waals surface area (Å²) in [4.78, 5) is 28.0. The Balaban J connectivity index is 1.74. The van der Waals surface area contributed by atoms with Crippen molar-refractivity contribution in [2.24, 2.45) is 0 Å². The average molecular weight is 424 g/mol. The van der Waals surface area contributed by atoms with Crippen molar-refractivity contribution in [3.8, 4) is 22.9 Å². The van der Waals surface area contributed by atoms with Gasteiger partial charge in [-0.1, -0.05) is 0 Å². The van der Waals surface area contributed by atoms with Crippen LogP contribution in [-0.2, 0) is 0 Å². The van der Waals surface area contributed by atoms with Crippen molar-refractivity contribution in [2.75, 3.05) is 19.5 Å². The van der Waals surface area contributed by atoms with E-state index in [-0.39, 0.29) is 16.7 Å². The molecule has 158 valence electrons. The lowest BCUT2D eigenvalue weighted by molar-refractivity contribution is 0.102. The fourth-order valence-corrected chi connectivity index (χ4v) is 3.13. The lowest BCUT2D eigenvalue weighted by atomic mass is 10.1. The van der Waals surface area contributed by atoms with Gasteiger partial charge in [0, 0.05) is 6.07 Å². The molecule has 0 aliphatic rings. The Morgan fingerprint density at radius 2 is 1.90 bits per heavy atom. The highest BCUT2D eigenvalue weighted by atomic mass is 19.1. The predicted molar refractivity (Wildman–Crippen MR) is 111 cm³/mol. The van der Waals surface area contributed by atoms with Crippen LogP contribution < -0.4 is 20.3 Å². The second-order valence-corrected chi connectivity index (χ2v) is 6.49. The first-order valence-corrected chi connectivity index (χ1v) is 9.05. The Kier molecular flexibility index (Phi) is 5.04. The van der Waals surface area contributed by atoms with Crippen LogP contribution in [0.4, 0.5) is 10.1 Å². The first kappa shape index (κ1) is 20.0. The van der Waals surface area contributed by atoms with Gasteiger partial charge >= 0.3 is 0 Å². The van der Waals surface area contributed by atoms with Crippen molar-refractivity contribution in [1.29, 1.82) is 0 Å². The molecule has 0 bridgehead atoms. The third-order valence-electron chi connectivity index (χ3n) is 4.68. The van der Waals surface area contributed by atoms with Gasteiger partial charge in [0.1, 0.15) is 34.3 Å². The lowest BCUT2D eigenvalue weighted by Gasteiger charge is -2.12. The number of amides is 1. The number of aromatic nitrogens is 3. The van der Waals surface area contributed by atoms with Crippen LogP contribution in [0.2, 0.25) is 0 Å². The maximum absolute atomic E-state index is 13.2. The van der Waals surface area contributed by atoms with E-state index in [4.69, 9.17) is 9.47 Å². The summed E-state index contributed by atoms with van der Waals surface area (Å²) in [5.74, 6) is -0.959. The molecule has 0 fully saturated rings. The van der Waals surface area contributed by atoms with Crippen molar-refractivity contribution in [1.82, 2.24) is 14.8 Å². The number of aromatic amines is 1. The highest BCUT2D eigenvalue weighted by molar-refractivity contribution is 6.09. The summed E-state index contributed by atoms with van der Waals surface area (Å²) < 4.78 is 24.9. The van der Waals surface area contributed by atoms with Gasteiger partial charge in [0.05, 0.1) is 37.2 Å². The molecule has 1 amide bonds. The monoisotopic (exact) mass is 424 g/mol. The zero-order chi connectivity index (χ0) is 22.1. The molecule has 2 heterocycles. The number of fused-ring (bicyclic) bond motifs is 1. The molecule has 10 heteroatoms. The van der Waals surface area contributed by atoms with Gasteiger partial charge < -0.3 is 24.9 Å². The van der Waals surface area contributed by atoms with Crippen LogP contribution in [0.5, 0.6) is 17.2 Å². The highest BCUT2D eigenvalue weighted by Crippen LogP contribution is 2.31. The van der Waals surface area contributed by atoms with Gasteiger partial charge in [0.15, 0.2) is 0 Å². The summed E-state index contributed by atoms with van der Waals surface area (Å²) in [6.07, 6.45) is 1.30. The normalized spacial score (nSPS) is 10.8. The number of hydrogen-bond acceptors (Lipinski definition) is 6. The van der Waals surface area contributed by atoms with Gasteiger partial charge in [-0.05, 0) is 36.4 Å². The van der Waals surface area contributed by atoms with E-state index in [2.05, 4.69) is 15.4 Å². The molecular formula is C21H17FN4O5. The van der Waals surface area contributed by atoms with Gasteiger partial charge in [0.2, 0.25) is 0 Å². The van der Waals surface area contributed by atoms with E-state index in [1.54, 1.807) is 18.2 Å². The first-order chi connectivity index (χ1) is 14.9. The van der Waals surface area contributed by atoms with Crippen LogP contribution in [0.3, 0.4) is 0 Å². The predicted octanol–water partition coefficient (Wildman–Crippen LogP) is 2.83. The second-order valence-electron chi connectivity index (χ2n) is 6.49. The van der Waals surface area contributed by atoms with Crippen molar-refractivity contribution in [2.45, 2.75) is 0 Å². The van der Waals surface area contributed by atoms with Gasteiger partial charge in [-0.25, -0.2) is 9.07 Å². The molecule has 2 aromatic carbocycles. The Labute approximate surface area is 174 Å². The minimum atomic E-state index is -0.835. The largest absolute Gasteiger partial charge is 0.506 e. The Bertz CT molecular complexity index is 1340. The summed E-state index contributed by atoms with van der Waals surface area (Å²) in [5, 5.41) is 17.5. The van der Waals surface area contributed by atoms with Crippen LogP contribution >= 0.6 is 0 Å². The first-order valence-electron chi connectivity index (χ1n) is 9.05. The van der Waals surface area contributed by atoms with E-state index in [0.717, 1.165) is 0 Å². The number of nitrogens with zero attached hydrogens (tertiary/aromatic N) is 2. The number of methoxy groups -OCH3 is 2. The molecule has 0 spiro atoms. The maximum atomic E-state index is 13.2. The third-order valence-corrected chi connectivity index (χ3v) is 4.68. The third kappa shape index (κ3) is 3.54. The molecule has 4 rings (SSSR count). The second kappa shape index (κ2) is 7.82. The molecule has 0 aliphatic carbocycles. The number of pyridine rings is 1. The van der Waals surface area contributed by atoms with Crippen LogP contribution in [-0.4, -0.2) is 40.0 Å². The van der Waals surface area contributed by atoms with E-state index >= 15 is 0 Å². The zero-order valence-corrected chi connectivity index (χ0v) is 16.5. The topological polar surface area (TPSA) is 118 Å².